The standard InChI is InChI=1S/C17H13N5OS/c18-7-13-4-5-15(24-13)12-3-1-2-11(6-12)8-21-16-10-20-14(9-22-16)17(19)23/h1-6,9-10H,8H2,(H2,19,23)(H,21,22). The van der Waals surface area contributed by atoms with E-state index in [1.807, 2.05) is 30.3 Å². The molecular weight excluding hydrogens is 322 g/mol. The first kappa shape index (κ1) is 15.6. The van der Waals surface area contributed by atoms with Crippen molar-refractivity contribution in [1.82, 2.24) is 9.97 Å². The fourth-order valence-corrected chi connectivity index (χ4v) is 2.93. The molecule has 118 valence electrons. The third kappa shape index (κ3) is 3.56. The molecular formula is C17H13N5OS. The number of nitrogens with one attached hydrogen (secondary N) is 1. The smallest absolute Gasteiger partial charge is 0.268 e. The van der Waals surface area contributed by atoms with Crippen LogP contribution in [-0.4, -0.2) is 15.9 Å². The molecule has 3 N–H and O–H groups in total. The number of carbonyl (C=O) groups excluding carboxylic acids is 1. The lowest BCUT2D eigenvalue weighted by Crippen LogP contribution is -2.13. The van der Waals surface area contributed by atoms with Gasteiger partial charge in [0, 0.05) is 11.4 Å². The molecule has 1 amide bonds. The molecule has 24 heavy (non-hydrogen) atoms. The van der Waals surface area contributed by atoms with Crippen LogP contribution in [0, 0.1) is 11.3 Å². The van der Waals surface area contributed by atoms with Crippen LogP contribution in [0.1, 0.15) is 20.9 Å². The summed E-state index contributed by atoms with van der Waals surface area (Å²) in [5.74, 6) is -0.0391. The van der Waals surface area contributed by atoms with Crippen molar-refractivity contribution in [3.8, 4) is 16.5 Å². The van der Waals surface area contributed by atoms with Gasteiger partial charge in [0.25, 0.3) is 5.91 Å². The first-order chi connectivity index (χ1) is 11.7. The molecule has 0 saturated heterocycles. The van der Waals surface area contributed by atoms with Gasteiger partial charge in [0.2, 0.25) is 0 Å². The van der Waals surface area contributed by atoms with E-state index in [-0.39, 0.29) is 5.69 Å². The molecule has 1 aromatic carbocycles. The zero-order valence-corrected chi connectivity index (χ0v) is 13.4. The van der Waals surface area contributed by atoms with Gasteiger partial charge in [-0.1, -0.05) is 18.2 Å². The number of carbonyl (C=O) groups is 1. The third-order valence-electron chi connectivity index (χ3n) is 3.31. The van der Waals surface area contributed by atoms with Crippen LogP contribution >= 0.6 is 11.3 Å². The highest BCUT2D eigenvalue weighted by Gasteiger charge is 2.05. The fourth-order valence-electron chi connectivity index (χ4n) is 2.13. The first-order valence-corrected chi connectivity index (χ1v) is 7.92. The Morgan fingerprint density at radius 2 is 2.12 bits per heavy atom. The van der Waals surface area contributed by atoms with Gasteiger partial charge in [0.05, 0.1) is 12.4 Å². The van der Waals surface area contributed by atoms with Crippen LogP contribution in [0.5, 0.6) is 0 Å². The number of nitriles is 1. The summed E-state index contributed by atoms with van der Waals surface area (Å²) < 4.78 is 0. The van der Waals surface area contributed by atoms with Crippen LogP contribution in [0.2, 0.25) is 0 Å². The number of hydrogen-bond donors (Lipinski definition) is 2. The number of amides is 1. The SMILES string of the molecule is N#Cc1ccc(-c2cccc(CNc3cnc(C(N)=O)cn3)c2)s1. The van der Waals surface area contributed by atoms with Crippen molar-refractivity contribution in [3.63, 3.8) is 0 Å². The van der Waals surface area contributed by atoms with Crippen molar-refractivity contribution in [2.24, 2.45) is 5.73 Å². The van der Waals surface area contributed by atoms with E-state index in [0.29, 0.717) is 17.2 Å². The van der Waals surface area contributed by atoms with Gasteiger partial charge in [-0.25, -0.2) is 9.97 Å². The van der Waals surface area contributed by atoms with Gasteiger partial charge >= 0.3 is 0 Å². The molecule has 0 unspecified atom stereocenters. The van der Waals surface area contributed by atoms with Crippen molar-refractivity contribution in [2.45, 2.75) is 6.54 Å². The van der Waals surface area contributed by atoms with Gasteiger partial charge in [-0.15, -0.1) is 11.3 Å². The second kappa shape index (κ2) is 6.89. The Morgan fingerprint density at radius 1 is 1.25 bits per heavy atom. The zero-order chi connectivity index (χ0) is 16.9. The van der Waals surface area contributed by atoms with Gasteiger partial charge in [-0.2, -0.15) is 5.26 Å². The van der Waals surface area contributed by atoms with Crippen molar-refractivity contribution in [3.05, 3.63) is 64.9 Å². The predicted molar refractivity (Wildman–Crippen MR) is 92.3 cm³/mol. The minimum absolute atomic E-state index is 0.133. The summed E-state index contributed by atoms with van der Waals surface area (Å²) in [5.41, 5.74) is 7.40. The largest absolute Gasteiger partial charge is 0.365 e. The lowest BCUT2D eigenvalue weighted by atomic mass is 10.1. The average molecular weight is 335 g/mol. The molecule has 2 aromatic heterocycles. The minimum atomic E-state index is -0.602. The van der Waals surface area contributed by atoms with Crippen LogP contribution in [-0.2, 0) is 6.54 Å². The highest BCUT2D eigenvalue weighted by atomic mass is 32.1. The van der Waals surface area contributed by atoms with Crippen LogP contribution < -0.4 is 11.1 Å². The summed E-state index contributed by atoms with van der Waals surface area (Å²) in [7, 11) is 0. The highest BCUT2D eigenvalue weighted by molar-refractivity contribution is 7.16. The lowest BCUT2D eigenvalue weighted by molar-refractivity contribution is 0.0995. The van der Waals surface area contributed by atoms with Crippen LogP contribution in [0.15, 0.2) is 48.8 Å². The Balaban J connectivity index is 1.70. The molecule has 0 fully saturated rings. The molecule has 3 aromatic rings. The molecule has 0 aliphatic heterocycles. The molecule has 7 heteroatoms. The van der Waals surface area contributed by atoms with E-state index in [4.69, 9.17) is 11.0 Å². The number of hydrogen-bond acceptors (Lipinski definition) is 6. The van der Waals surface area contributed by atoms with Gasteiger partial charge in [0.15, 0.2) is 0 Å². The summed E-state index contributed by atoms with van der Waals surface area (Å²) in [4.78, 5) is 20.8. The Kier molecular flexibility index (Phi) is 4.50. The monoisotopic (exact) mass is 335 g/mol. The van der Waals surface area contributed by atoms with Crippen molar-refractivity contribution >= 4 is 23.1 Å². The minimum Gasteiger partial charge on any atom is -0.365 e. The predicted octanol–water partition coefficient (Wildman–Crippen LogP) is 2.79. The van der Waals surface area contributed by atoms with Gasteiger partial charge in [-0.3, -0.25) is 4.79 Å². The first-order valence-electron chi connectivity index (χ1n) is 7.10. The van der Waals surface area contributed by atoms with Crippen LogP contribution in [0.25, 0.3) is 10.4 Å². The van der Waals surface area contributed by atoms with E-state index in [9.17, 15) is 4.79 Å². The molecule has 3 rings (SSSR count). The molecule has 0 spiro atoms. The van der Waals surface area contributed by atoms with Gasteiger partial charge < -0.3 is 11.1 Å². The maximum atomic E-state index is 11.0. The maximum Gasteiger partial charge on any atom is 0.268 e. The number of aromatic nitrogens is 2. The normalized spacial score (nSPS) is 10.1. The lowest BCUT2D eigenvalue weighted by Gasteiger charge is -2.07. The zero-order valence-electron chi connectivity index (χ0n) is 12.6. The number of nitrogens with zero attached hydrogens (tertiary/aromatic N) is 3. The van der Waals surface area contributed by atoms with Crippen molar-refractivity contribution < 1.29 is 4.79 Å². The Hall–Kier alpha value is -3.24. The molecule has 0 aliphatic carbocycles. The molecule has 0 aliphatic rings. The third-order valence-corrected chi connectivity index (χ3v) is 4.34. The molecule has 0 radical (unpaired) electrons. The second-order valence-corrected chi connectivity index (χ2v) is 6.06. The van der Waals surface area contributed by atoms with E-state index in [2.05, 4.69) is 27.4 Å². The summed E-state index contributed by atoms with van der Waals surface area (Å²) >= 11 is 1.47. The van der Waals surface area contributed by atoms with E-state index < -0.39 is 5.91 Å². The van der Waals surface area contributed by atoms with E-state index >= 15 is 0 Å². The fraction of sp³-hybridized carbons (Fsp3) is 0.0588. The van der Waals surface area contributed by atoms with Crippen molar-refractivity contribution in [2.75, 3.05) is 5.32 Å². The summed E-state index contributed by atoms with van der Waals surface area (Å²) in [6.07, 6.45) is 2.82. The Morgan fingerprint density at radius 3 is 2.79 bits per heavy atom. The maximum absolute atomic E-state index is 11.0. The Labute approximate surface area is 142 Å². The quantitative estimate of drug-likeness (QED) is 0.746. The molecule has 6 nitrogen and oxygen atoms in total. The van der Waals surface area contributed by atoms with Crippen LogP contribution in [0.4, 0.5) is 5.82 Å². The van der Waals surface area contributed by atoms with E-state index in [1.165, 1.54) is 23.7 Å². The summed E-state index contributed by atoms with van der Waals surface area (Å²) in [6, 6.07) is 14.0. The van der Waals surface area contributed by atoms with E-state index in [1.54, 1.807) is 0 Å². The van der Waals surface area contributed by atoms with E-state index in [0.717, 1.165) is 16.0 Å². The van der Waals surface area contributed by atoms with Gasteiger partial charge in [0.1, 0.15) is 22.5 Å². The summed E-state index contributed by atoms with van der Waals surface area (Å²) in [6.45, 7) is 0.564. The molecule has 0 saturated carbocycles. The number of benzene rings is 1. The number of primary amides is 1. The number of anilines is 1. The molecule has 0 bridgehead atoms. The molecule has 0 atom stereocenters. The number of nitrogens with two attached hydrogens (primary N) is 1. The summed E-state index contributed by atoms with van der Waals surface area (Å²) in [5, 5.41) is 12.1. The van der Waals surface area contributed by atoms with Gasteiger partial charge in [-0.05, 0) is 29.3 Å². The van der Waals surface area contributed by atoms with Crippen LogP contribution in [0.3, 0.4) is 0 Å². The average Bonchev–Trinajstić information content (AvgIpc) is 3.10. The Bertz CT molecular complexity index is 911. The molecule has 2 heterocycles. The topological polar surface area (TPSA) is 105 Å². The second-order valence-electron chi connectivity index (χ2n) is 4.98. The number of thiophene rings is 1. The van der Waals surface area contributed by atoms with Crippen molar-refractivity contribution in [1.29, 1.82) is 5.26 Å². The number of rotatable bonds is 5. The highest BCUT2D eigenvalue weighted by Crippen LogP contribution is 2.28.